The second-order valence-electron chi connectivity index (χ2n) is 4.29. The van der Waals surface area contributed by atoms with Crippen LogP contribution in [0.5, 0.6) is 0 Å². The summed E-state index contributed by atoms with van der Waals surface area (Å²) in [4.78, 5) is 2.36. The second kappa shape index (κ2) is 11.9. The second-order valence-corrected chi connectivity index (χ2v) is 4.29. The smallest absolute Gasteiger partial charge is 0.0897 e. The lowest BCUT2D eigenvalue weighted by Crippen LogP contribution is -2.34. The number of nitrogens with zero attached hydrogens (tertiary/aromatic N) is 1. The van der Waals surface area contributed by atoms with E-state index in [0.717, 1.165) is 32.6 Å². The first kappa shape index (κ1) is 17.8. The topological polar surface area (TPSA) is 65.0 Å². The normalized spacial score (nSPS) is 15.0. The van der Waals surface area contributed by atoms with Crippen LogP contribution in [0, 0.1) is 6.92 Å². The lowest BCUT2D eigenvalue weighted by Gasteiger charge is -2.18. The molecule has 2 unspecified atom stereocenters. The molecule has 18 heavy (non-hydrogen) atoms. The van der Waals surface area contributed by atoms with E-state index in [1.165, 1.54) is 0 Å². The summed E-state index contributed by atoms with van der Waals surface area (Å²) in [6, 6.07) is 0. The first-order valence-corrected chi connectivity index (χ1v) is 6.73. The summed E-state index contributed by atoms with van der Waals surface area (Å²) in [5.74, 6) is 0. The van der Waals surface area contributed by atoms with Gasteiger partial charge < -0.3 is 25.2 Å². The fourth-order valence-corrected chi connectivity index (χ4v) is 1.58. The van der Waals surface area contributed by atoms with Crippen LogP contribution in [0.1, 0.15) is 20.3 Å². The quantitative estimate of drug-likeness (QED) is 0.423. The summed E-state index contributed by atoms with van der Waals surface area (Å²) in [6.45, 7) is 14.2. The Morgan fingerprint density at radius 1 is 1.33 bits per heavy atom. The highest BCUT2D eigenvalue weighted by Gasteiger charge is 2.07. The standard InChI is InChI=1S/C13H28N2O3/c1-4-15(5-2)8-6-7-14-9-13(17)11-18-12(3)10-16/h3,12-14,16-17H,4-11H2,1-2H3. The zero-order valence-corrected chi connectivity index (χ0v) is 11.6. The Morgan fingerprint density at radius 2 is 2.00 bits per heavy atom. The maximum atomic E-state index is 9.56. The van der Waals surface area contributed by atoms with Crippen LogP contribution >= 0.6 is 0 Å². The Balaban J connectivity index is 3.37. The van der Waals surface area contributed by atoms with Crippen LogP contribution in [0.2, 0.25) is 0 Å². The summed E-state index contributed by atoms with van der Waals surface area (Å²) in [7, 11) is 0. The molecule has 0 aliphatic carbocycles. The molecule has 0 aliphatic rings. The Hall–Kier alpha value is -0.200. The predicted octanol–water partition coefficient (Wildman–Crippen LogP) is -0.243. The molecule has 0 aromatic heterocycles. The van der Waals surface area contributed by atoms with Gasteiger partial charge in [-0.1, -0.05) is 13.8 Å². The van der Waals surface area contributed by atoms with E-state index in [-0.39, 0.29) is 13.2 Å². The van der Waals surface area contributed by atoms with Crippen molar-refractivity contribution in [2.45, 2.75) is 32.5 Å². The van der Waals surface area contributed by atoms with E-state index in [1.54, 1.807) is 0 Å². The van der Waals surface area contributed by atoms with E-state index in [1.807, 2.05) is 0 Å². The third kappa shape index (κ3) is 9.79. The van der Waals surface area contributed by atoms with Crippen molar-refractivity contribution in [1.29, 1.82) is 0 Å². The maximum absolute atomic E-state index is 9.56. The minimum atomic E-state index is -0.706. The number of aliphatic hydroxyl groups is 2. The fraction of sp³-hybridized carbons (Fsp3) is 0.923. The number of hydrogen-bond donors (Lipinski definition) is 3. The number of aliphatic hydroxyl groups excluding tert-OH is 2. The molecule has 2 atom stereocenters. The van der Waals surface area contributed by atoms with Crippen molar-refractivity contribution in [3.8, 4) is 0 Å². The Morgan fingerprint density at radius 3 is 2.56 bits per heavy atom. The molecule has 5 heteroatoms. The minimum absolute atomic E-state index is 0.144. The summed E-state index contributed by atoms with van der Waals surface area (Å²) in [5.41, 5.74) is 0. The third-order valence-corrected chi connectivity index (χ3v) is 2.78. The molecule has 2 radical (unpaired) electrons. The van der Waals surface area contributed by atoms with E-state index >= 15 is 0 Å². The molecule has 5 nitrogen and oxygen atoms in total. The van der Waals surface area contributed by atoms with Crippen LogP contribution in [0.15, 0.2) is 0 Å². The van der Waals surface area contributed by atoms with Crippen molar-refractivity contribution in [1.82, 2.24) is 10.2 Å². The molecule has 0 spiro atoms. The average molecular weight is 260 g/mol. The SMILES string of the molecule is [CH]C(CO)OCC(O)CNCCCN(CC)CC. The van der Waals surface area contributed by atoms with Crippen molar-refractivity contribution in [3.05, 3.63) is 6.92 Å². The molecule has 0 fully saturated rings. The van der Waals surface area contributed by atoms with Gasteiger partial charge in [0.25, 0.3) is 0 Å². The Kier molecular flexibility index (Phi) is 11.7. The minimum Gasteiger partial charge on any atom is -0.394 e. The van der Waals surface area contributed by atoms with Gasteiger partial charge in [-0.15, -0.1) is 0 Å². The summed E-state index contributed by atoms with van der Waals surface area (Å²) >= 11 is 0. The molecule has 0 aliphatic heterocycles. The predicted molar refractivity (Wildman–Crippen MR) is 72.4 cm³/mol. The van der Waals surface area contributed by atoms with Crippen molar-refractivity contribution >= 4 is 0 Å². The number of rotatable bonds is 12. The molecule has 0 saturated heterocycles. The maximum Gasteiger partial charge on any atom is 0.0897 e. The molecule has 0 amide bonds. The Bertz CT molecular complexity index is 178. The number of nitrogens with one attached hydrogen (secondary N) is 1. The van der Waals surface area contributed by atoms with Crippen LogP contribution in [0.3, 0.4) is 0 Å². The highest BCUT2D eigenvalue weighted by molar-refractivity contribution is 4.63. The van der Waals surface area contributed by atoms with Gasteiger partial charge in [-0.3, -0.25) is 0 Å². The lowest BCUT2D eigenvalue weighted by molar-refractivity contribution is -0.0114. The van der Waals surface area contributed by atoms with Crippen LogP contribution in [-0.2, 0) is 4.74 Å². The molecular weight excluding hydrogens is 232 g/mol. The Labute approximate surface area is 111 Å². The van der Waals surface area contributed by atoms with Gasteiger partial charge in [0.2, 0.25) is 0 Å². The zero-order valence-electron chi connectivity index (χ0n) is 11.6. The highest BCUT2D eigenvalue weighted by Crippen LogP contribution is 1.92. The van der Waals surface area contributed by atoms with Gasteiger partial charge >= 0.3 is 0 Å². The summed E-state index contributed by atoms with van der Waals surface area (Å²) in [6.07, 6.45) is -0.232. The van der Waals surface area contributed by atoms with E-state index in [2.05, 4.69) is 24.1 Å². The molecule has 108 valence electrons. The molecule has 0 heterocycles. The molecule has 0 rings (SSSR count). The van der Waals surface area contributed by atoms with E-state index in [0.29, 0.717) is 6.54 Å². The highest BCUT2D eigenvalue weighted by atomic mass is 16.5. The van der Waals surface area contributed by atoms with Gasteiger partial charge in [0.1, 0.15) is 0 Å². The van der Waals surface area contributed by atoms with E-state index < -0.39 is 12.2 Å². The van der Waals surface area contributed by atoms with Crippen LogP contribution in [0.25, 0.3) is 0 Å². The van der Waals surface area contributed by atoms with E-state index in [9.17, 15) is 5.11 Å². The molecule has 3 N–H and O–H groups in total. The molecule has 0 aromatic rings. The molecule has 0 aromatic carbocycles. The summed E-state index contributed by atoms with van der Waals surface area (Å²) < 4.78 is 5.01. The third-order valence-electron chi connectivity index (χ3n) is 2.78. The molecule has 0 bridgehead atoms. The lowest BCUT2D eigenvalue weighted by atomic mass is 10.3. The van der Waals surface area contributed by atoms with Crippen molar-refractivity contribution in [3.63, 3.8) is 0 Å². The van der Waals surface area contributed by atoms with Gasteiger partial charge in [-0.05, 0) is 39.5 Å². The van der Waals surface area contributed by atoms with E-state index in [4.69, 9.17) is 16.8 Å². The molecular formula is C13H28N2O3. The van der Waals surface area contributed by atoms with Gasteiger partial charge in [-0.2, -0.15) is 0 Å². The van der Waals surface area contributed by atoms with Crippen molar-refractivity contribution in [2.75, 3.05) is 45.9 Å². The number of hydrogen-bond acceptors (Lipinski definition) is 5. The van der Waals surface area contributed by atoms with Gasteiger partial charge in [0.15, 0.2) is 0 Å². The average Bonchev–Trinajstić information content (AvgIpc) is 2.40. The van der Waals surface area contributed by atoms with Gasteiger partial charge in [0.05, 0.1) is 25.4 Å². The van der Waals surface area contributed by atoms with Crippen LogP contribution < -0.4 is 5.32 Å². The first-order valence-electron chi connectivity index (χ1n) is 6.73. The van der Waals surface area contributed by atoms with Crippen LogP contribution in [-0.4, -0.2) is 73.3 Å². The largest absolute Gasteiger partial charge is 0.394 e. The first-order chi connectivity index (χ1) is 8.63. The van der Waals surface area contributed by atoms with Gasteiger partial charge in [0, 0.05) is 6.54 Å². The monoisotopic (exact) mass is 260 g/mol. The zero-order chi connectivity index (χ0) is 13.8. The van der Waals surface area contributed by atoms with Gasteiger partial charge in [-0.25, -0.2) is 0 Å². The van der Waals surface area contributed by atoms with Crippen molar-refractivity contribution in [2.24, 2.45) is 0 Å². The molecule has 0 saturated carbocycles. The van der Waals surface area contributed by atoms with Crippen molar-refractivity contribution < 1.29 is 14.9 Å². The van der Waals surface area contributed by atoms with Crippen LogP contribution in [0.4, 0.5) is 0 Å². The summed E-state index contributed by atoms with van der Waals surface area (Å²) in [5, 5.41) is 21.4. The fourth-order valence-electron chi connectivity index (χ4n) is 1.58. The number of ether oxygens (including phenoxy) is 1.